The molecule has 4 nitrogen and oxygen atoms in total. The van der Waals surface area contributed by atoms with E-state index >= 15 is 0 Å². The first-order valence-corrected chi connectivity index (χ1v) is 6.16. The lowest BCUT2D eigenvalue weighted by molar-refractivity contribution is -0.275. The summed E-state index contributed by atoms with van der Waals surface area (Å²) in [6.07, 6.45) is -4.79. The minimum absolute atomic E-state index is 0.0881. The van der Waals surface area contributed by atoms with E-state index in [-0.39, 0.29) is 11.6 Å². The summed E-state index contributed by atoms with van der Waals surface area (Å²) >= 11 is 3.15. The number of rotatable bonds is 3. The molecule has 0 aliphatic heterocycles. The van der Waals surface area contributed by atoms with Crippen molar-refractivity contribution in [1.82, 2.24) is 9.97 Å². The summed E-state index contributed by atoms with van der Waals surface area (Å²) in [6, 6.07) is 6.90. The van der Waals surface area contributed by atoms with Gasteiger partial charge in [-0.05, 0) is 35.0 Å². The number of aryl methyl sites for hydroxylation is 1. The first kappa shape index (κ1) is 14.6. The van der Waals surface area contributed by atoms with Crippen molar-refractivity contribution in [3.63, 3.8) is 0 Å². The molecule has 8 heteroatoms. The number of alkyl halides is 3. The predicted octanol–water partition coefficient (Wildman–Crippen LogP) is 4.24. The molecule has 0 atom stereocenters. The van der Waals surface area contributed by atoms with E-state index in [4.69, 9.17) is 4.74 Å². The maximum absolute atomic E-state index is 12.3. The normalized spacial score (nSPS) is 11.2. The van der Waals surface area contributed by atoms with Crippen molar-refractivity contribution in [2.24, 2.45) is 0 Å². The van der Waals surface area contributed by atoms with Gasteiger partial charge in [0, 0.05) is 6.07 Å². The number of halogens is 4. The molecule has 0 saturated heterocycles. The van der Waals surface area contributed by atoms with Crippen LogP contribution in [0, 0.1) is 6.92 Å². The van der Waals surface area contributed by atoms with E-state index in [0.717, 1.165) is 6.07 Å². The smallest absolute Gasteiger partial charge is 0.435 e. The molecule has 0 spiro atoms. The highest BCUT2D eigenvalue weighted by atomic mass is 79.9. The standard InChI is InChI=1S/C12H8BrF3N2O2/c1-7-17-10(13)6-11(18-7)19-8-4-2-3-5-9(8)20-12(14,15)16/h2-6H,1H3. The van der Waals surface area contributed by atoms with Gasteiger partial charge in [-0.1, -0.05) is 12.1 Å². The third-order valence-corrected chi connectivity index (χ3v) is 2.48. The molecule has 0 unspecified atom stereocenters. The van der Waals surface area contributed by atoms with Crippen LogP contribution in [-0.2, 0) is 0 Å². The molecule has 0 radical (unpaired) electrons. The second-order valence-electron chi connectivity index (χ2n) is 3.67. The van der Waals surface area contributed by atoms with Gasteiger partial charge in [-0.25, -0.2) is 4.98 Å². The van der Waals surface area contributed by atoms with Gasteiger partial charge in [0.05, 0.1) is 0 Å². The third kappa shape index (κ3) is 4.09. The summed E-state index contributed by atoms with van der Waals surface area (Å²) in [5, 5.41) is 0. The van der Waals surface area contributed by atoms with E-state index in [1.165, 1.54) is 24.3 Å². The zero-order valence-electron chi connectivity index (χ0n) is 10.1. The fourth-order valence-electron chi connectivity index (χ4n) is 1.41. The molecule has 0 N–H and O–H groups in total. The molecule has 0 aliphatic carbocycles. The van der Waals surface area contributed by atoms with Crippen molar-refractivity contribution in [2.75, 3.05) is 0 Å². The molecule has 1 aromatic heterocycles. The predicted molar refractivity (Wildman–Crippen MR) is 67.7 cm³/mol. The quantitative estimate of drug-likeness (QED) is 0.778. The van der Waals surface area contributed by atoms with Crippen molar-refractivity contribution in [2.45, 2.75) is 13.3 Å². The van der Waals surface area contributed by atoms with Crippen LogP contribution in [0.25, 0.3) is 0 Å². The fourth-order valence-corrected chi connectivity index (χ4v) is 1.87. The van der Waals surface area contributed by atoms with E-state index in [1.54, 1.807) is 6.92 Å². The number of hydrogen-bond acceptors (Lipinski definition) is 4. The van der Waals surface area contributed by atoms with Crippen LogP contribution in [0.15, 0.2) is 34.9 Å². The topological polar surface area (TPSA) is 44.2 Å². The van der Waals surface area contributed by atoms with Crippen LogP contribution in [0.1, 0.15) is 5.82 Å². The van der Waals surface area contributed by atoms with Crippen LogP contribution >= 0.6 is 15.9 Å². The summed E-state index contributed by atoms with van der Waals surface area (Å²) < 4.78 is 46.5. The van der Waals surface area contributed by atoms with Crippen LogP contribution < -0.4 is 9.47 Å². The second kappa shape index (κ2) is 5.66. The third-order valence-electron chi connectivity index (χ3n) is 2.07. The van der Waals surface area contributed by atoms with Gasteiger partial charge in [0.2, 0.25) is 5.88 Å². The second-order valence-corrected chi connectivity index (χ2v) is 4.49. The van der Waals surface area contributed by atoms with Crippen molar-refractivity contribution < 1.29 is 22.6 Å². The lowest BCUT2D eigenvalue weighted by Crippen LogP contribution is -2.17. The molecule has 106 valence electrons. The minimum Gasteiger partial charge on any atom is -0.435 e. The first-order chi connectivity index (χ1) is 9.33. The van der Waals surface area contributed by atoms with Crippen molar-refractivity contribution in [1.29, 1.82) is 0 Å². The Balaban J connectivity index is 2.29. The van der Waals surface area contributed by atoms with Gasteiger partial charge in [-0.15, -0.1) is 13.2 Å². The van der Waals surface area contributed by atoms with Crippen molar-refractivity contribution in [3.05, 3.63) is 40.8 Å². The number of hydrogen-bond donors (Lipinski definition) is 0. The molecule has 0 aliphatic rings. The molecule has 2 rings (SSSR count). The van der Waals surface area contributed by atoms with Gasteiger partial charge in [0.15, 0.2) is 11.5 Å². The Morgan fingerprint density at radius 2 is 1.75 bits per heavy atom. The number of aromatic nitrogens is 2. The van der Waals surface area contributed by atoms with E-state index in [2.05, 4.69) is 30.6 Å². The molecule has 1 heterocycles. The average Bonchev–Trinajstić information content (AvgIpc) is 2.28. The average molecular weight is 349 g/mol. The minimum atomic E-state index is -4.79. The fraction of sp³-hybridized carbons (Fsp3) is 0.167. The monoisotopic (exact) mass is 348 g/mol. The Hall–Kier alpha value is -1.83. The Kier molecular flexibility index (Phi) is 4.12. The van der Waals surface area contributed by atoms with Gasteiger partial charge in [-0.2, -0.15) is 4.98 Å². The van der Waals surface area contributed by atoms with Gasteiger partial charge < -0.3 is 9.47 Å². The van der Waals surface area contributed by atoms with E-state index in [1.807, 2.05) is 0 Å². The van der Waals surface area contributed by atoms with Crippen LogP contribution in [0.3, 0.4) is 0 Å². The lowest BCUT2D eigenvalue weighted by Gasteiger charge is -2.13. The SMILES string of the molecule is Cc1nc(Br)cc(Oc2ccccc2OC(F)(F)F)n1. The number of ether oxygens (including phenoxy) is 2. The largest absolute Gasteiger partial charge is 0.573 e. The van der Waals surface area contributed by atoms with Gasteiger partial charge in [-0.3, -0.25) is 0 Å². The highest BCUT2D eigenvalue weighted by Crippen LogP contribution is 2.34. The maximum atomic E-state index is 12.3. The summed E-state index contributed by atoms with van der Waals surface area (Å²) in [5.74, 6) is 0.00779. The summed E-state index contributed by atoms with van der Waals surface area (Å²) in [5.41, 5.74) is 0. The highest BCUT2D eigenvalue weighted by molar-refractivity contribution is 9.10. The van der Waals surface area contributed by atoms with Crippen LogP contribution in [-0.4, -0.2) is 16.3 Å². The number of benzene rings is 1. The van der Waals surface area contributed by atoms with Gasteiger partial charge in [0.1, 0.15) is 10.4 Å². The van der Waals surface area contributed by atoms with Gasteiger partial charge >= 0.3 is 6.36 Å². The molecule has 0 amide bonds. The van der Waals surface area contributed by atoms with Crippen molar-refractivity contribution >= 4 is 15.9 Å². The summed E-state index contributed by atoms with van der Waals surface area (Å²) in [7, 11) is 0. The van der Waals surface area contributed by atoms with Gasteiger partial charge in [0.25, 0.3) is 0 Å². The number of para-hydroxylation sites is 2. The van der Waals surface area contributed by atoms with Crippen LogP contribution in [0.2, 0.25) is 0 Å². The van der Waals surface area contributed by atoms with Crippen LogP contribution in [0.5, 0.6) is 17.4 Å². The Morgan fingerprint density at radius 3 is 2.35 bits per heavy atom. The first-order valence-electron chi connectivity index (χ1n) is 5.37. The Bertz CT molecular complexity index is 600. The van der Waals surface area contributed by atoms with Crippen molar-refractivity contribution in [3.8, 4) is 17.4 Å². The Labute approximate surface area is 120 Å². The highest BCUT2D eigenvalue weighted by Gasteiger charge is 2.32. The molecule has 0 saturated carbocycles. The van der Waals surface area contributed by atoms with E-state index < -0.39 is 12.1 Å². The zero-order chi connectivity index (χ0) is 14.8. The lowest BCUT2D eigenvalue weighted by atomic mass is 10.3. The summed E-state index contributed by atoms with van der Waals surface area (Å²) in [4.78, 5) is 7.94. The maximum Gasteiger partial charge on any atom is 0.573 e. The van der Waals surface area contributed by atoms with E-state index in [9.17, 15) is 13.2 Å². The molecule has 0 bridgehead atoms. The van der Waals surface area contributed by atoms with E-state index in [0.29, 0.717) is 10.4 Å². The molecule has 20 heavy (non-hydrogen) atoms. The van der Waals surface area contributed by atoms with Crippen LogP contribution in [0.4, 0.5) is 13.2 Å². The summed E-state index contributed by atoms with van der Waals surface area (Å²) in [6.45, 7) is 1.63. The Morgan fingerprint density at radius 1 is 1.10 bits per heavy atom. The molecule has 2 aromatic rings. The molecule has 1 aromatic carbocycles. The zero-order valence-corrected chi connectivity index (χ0v) is 11.7. The number of nitrogens with zero attached hydrogens (tertiary/aromatic N) is 2. The molecular formula is C12H8BrF3N2O2. The molecule has 0 fully saturated rings. The molecular weight excluding hydrogens is 341 g/mol.